The smallest absolute Gasteiger partial charge is 0.149 e. The number of nitrogens with one attached hydrogen (secondary N) is 1. The first-order valence-corrected chi connectivity index (χ1v) is 7.97. The average Bonchev–Trinajstić information content (AvgIpc) is 2.61. The third-order valence-corrected chi connectivity index (χ3v) is 4.08. The highest BCUT2D eigenvalue weighted by Gasteiger charge is 2.11. The van der Waals surface area contributed by atoms with Crippen molar-refractivity contribution in [3.8, 4) is 0 Å². The first-order valence-electron chi connectivity index (χ1n) is 7.97. The molecule has 0 spiro atoms. The highest BCUT2D eigenvalue weighted by atomic mass is 19.1. The molecule has 0 saturated carbocycles. The molecule has 3 rings (SSSR count). The quantitative estimate of drug-likeness (QED) is 0.730. The monoisotopic (exact) mass is 325 g/mol. The van der Waals surface area contributed by atoms with Gasteiger partial charge in [0.1, 0.15) is 23.5 Å². The van der Waals surface area contributed by atoms with E-state index in [1.807, 2.05) is 6.92 Å². The third kappa shape index (κ3) is 3.68. The number of hydrogen-bond donors (Lipinski definition) is 2. The Morgan fingerprint density at radius 3 is 2.67 bits per heavy atom. The maximum Gasteiger partial charge on any atom is 0.149 e. The fourth-order valence-corrected chi connectivity index (χ4v) is 2.69. The van der Waals surface area contributed by atoms with E-state index >= 15 is 0 Å². The van der Waals surface area contributed by atoms with Crippen molar-refractivity contribution in [1.29, 1.82) is 0 Å². The van der Waals surface area contributed by atoms with Crippen LogP contribution in [0, 0.1) is 18.7 Å². The van der Waals surface area contributed by atoms with Crippen LogP contribution in [0.3, 0.4) is 0 Å². The van der Waals surface area contributed by atoms with E-state index in [-0.39, 0.29) is 18.3 Å². The second kappa shape index (κ2) is 7.36. The van der Waals surface area contributed by atoms with E-state index in [9.17, 15) is 9.50 Å². The summed E-state index contributed by atoms with van der Waals surface area (Å²) < 4.78 is 13.8. The molecule has 2 aromatic carbocycles. The van der Waals surface area contributed by atoms with Crippen LogP contribution >= 0.6 is 0 Å². The maximum atomic E-state index is 13.8. The number of aromatic nitrogens is 2. The number of para-hydroxylation sites is 1. The molecule has 0 aliphatic carbocycles. The zero-order valence-corrected chi connectivity index (χ0v) is 13.5. The van der Waals surface area contributed by atoms with Gasteiger partial charge < -0.3 is 10.4 Å². The van der Waals surface area contributed by atoms with Gasteiger partial charge in [-0.2, -0.15) is 0 Å². The van der Waals surface area contributed by atoms with Gasteiger partial charge in [-0.1, -0.05) is 35.9 Å². The summed E-state index contributed by atoms with van der Waals surface area (Å²) in [7, 11) is 0. The van der Waals surface area contributed by atoms with Crippen molar-refractivity contribution in [3.63, 3.8) is 0 Å². The molecule has 5 heteroatoms. The second-order valence-electron chi connectivity index (χ2n) is 5.98. The van der Waals surface area contributed by atoms with Crippen molar-refractivity contribution in [1.82, 2.24) is 9.97 Å². The van der Waals surface area contributed by atoms with Gasteiger partial charge in [0.15, 0.2) is 0 Å². The number of benzene rings is 2. The SMILES string of the molecule is Cc1ccc(CC(CO)CNc2ncnc3c(F)cccc23)cc1. The Hall–Kier alpha value is -2.53. The summed E-state index contributed by atoms with van der Waals surface area (Å²) in [5.41, 5.74) is 2.70. The minimum atomic E-state index is -0.365. The summed E-state index contributed by atoms with van der Waals surface area (Å²) in [5, 5.41) is 13.5. The molecule has 0 amide bonds. The van der Waals surface area contributed by atoms with Crippen LogP contribution in [0.4, 0.5) is 10.2 Å². The molecule has 124 valence electrons. The van der Waals surface area contributed by atoms with E-state index in [0.29, 0.717) is 23.3 Å². The zero-order valence-electron chi connectivity index (χ0n) is 13.5. The molecule has 0 radical (unpaired) electrons. The Morgan fingerprint density at radius 2 is 1.92 bits per heavy atom. The van der Waals surface area contributed by atoms with Crippen molar-refractivity contribution in [2.45, 2.75) is 13.3 Å². The van der Waals surface area contributed by atoms with Crippen LogP contribution < -0.4 is 5.32 Å². The second-order valence-corrected chi connectivity index (χ2v) is 5.98. The van der Waals surface area contributed by atoms with E-state index < -0.39 is 0 Å². The fraction of sp³-hybridized carbons (Fsp3) is 0.263. The van der Waals surface area contributed by atoms with Crippen LogP contribution in [0.1, 0.15) is 11.1 Å². The number of hydrogen-bond acceptors (Lipinski definition) is 4. The minimum absolute atomic E-state index is 0.0475. The van der Waals surface area contributed by atoms with E-state index in [2.05, 4.69) is 39.6 Å². The summed E-state index contributed by atoms with van der Waals surface area (Å²) >= 11 is 0. The lowest BCUT2D eigenvalue weighted by molar-refractivity contribution is 0.232. The largest absolute Gasteiger partial charge is 0.396 e. The average molecular weight is 325 g/mol. The van der Waals surface area contributed by atoms with Crippen LogP contribution in [0.15, 0.2) is 48.8 Å². The third-order valence-electron chi connectivity index (χ3n) is 4.08. The van der Waals surface area contributed by atoms with Gasteiger partial charge in [0.05, 0.1) is 0 Å². The maximum absolute atomic E-state index is 13.8. The summed E-state index contributed by atoms with van der Waals surface area (Å²) in [6.07, 6.45) is 2.11. The molecule has 1 unspecified atom stereocenters. The van der Waals surface area contributed by atoms with E-state index in [1.54, 1.807) is 12.1 Å². The van der Waals surface area contributed by atoms with Crippen molar-refractivity contribution < 1.29 is 9.50 Å². The first kappa shape index (κ1) is 16.3. The van der Waals surface area contributed by atoms with E-state index in [4.69, 9.17) is 0 Å². The van der Waals surface area contributed by atoms with Crippen LogP contribution in [-0.2, 0) is 6.42 Å². The first-order chi connectivity index (χ1) is 11.7. The molecule has 4 nitrogen and oxygen atoms in total. The van der Waals surface area contributed by atoms with E-state index in [1.165, 1.54) is 23.5 Å². The van der Waals surface area contributed by atoms with Crippen LogP contribution in [0.25, 0.3) is 10.9 Å². The number of rotatable bonds is 6. The standard InChI is InChI=1S/C19H20FN3O/c1-13-5-7-14(8-6-13)9-15(11-24)10-21-19-16-3-2-4-17(20)18(16)22-12-23-19/h2-8,12,15,24H,9-11H2,1H3,(H,21,22,23). The molecular weight excluding hydrogens is 305 g/mol. The summed E-state index contributed by atoms with van der Waals surface area (Å²) in [6, 6.07) is 13.1. The molecular formula is C19H20FN3O. The van der Waals surface area contributed by atoms with Crippen LogP contribution in [0.2, 0.25) is 0 Å². The lowest BCUT2D eigenvalue weighted by Crippen LogP contribution is -2.21. The van der Waals surface area contributed by atoms with Gasteiger partial charge in [-0.15, -0.1) is 0 Å². The number of nitrogens with zero attached hydrogens (tertiary/aromatic N) is 2. The molecule has 0 aliphatic rings. The van der Waals surface area contributed by atoms with Crippen LogP contribution in [-0.4, -0.2) is 28.2 Å². The van der Waals surface area contributed by atoms with Crippen molar-refractivity contribution in [2.75, 3.05) is 18.5 Å². The minimum Gasteiger partial charge on any atom is -0.396 e. The predicted octanol–water partition coefficient (Wildman–Crippen LogP) is 3.34. The topological polar surface area (TPSA) is 58.0 Å². The van der Waals surface area contributed by atoms with Gasteiger partial charge in [-0.05, 0) is 31.0 Å². The Balaban J connectivity index is 1.72. The molecule has 1 atom stereocenters. The number of aliphatic hydroxyl groups excluding tert-OH is 1. The zero-order chi connectivity index (χ0) is 16.9. The number of fused-ring (bicyclic) bond motifs is 1. The van der Waals surface area contributed by atoms with Gasteiger partial charge in [-0.3, -0.25) is 0 Å². The molecule has 3 aromatic rings. The number of aryl methyl sites for hydroxylation is 1. The van der Waals surface area contributed by atoms with Gasteiger partial charge >= 0.3 is 0 Å². The van der Waals surface area contributed by atoms with Gasteiger partial charge in [0.25, 0.3) is 0 Å². The Bertz CT molecular complexity index is 820. The van der Waals surface area contributed by atoms with E-state index in [0.717, 1.165) is 6.42 Å². The Kier molecular flexibility index (Phi) is 5.01. The van der Waals surface area contributed by atoms with Crippen molar-refractivity contribution in [2.24, 2.45) is 5.92 Å². The molecule has 0 bridgehead atoms. The highest BCUT2D eigenvalue weighted by Crippen LogP contribution is 2.21. The summed E-state index contributed by atoms with van der Waals surface area (Å²) in [4.78, 5) is 8.19. The van der Waals surface area contributed by atoms with Crippen LogP contribution in [0.5, 0.6) is 0 Å². The van der Waals surface area contributed by atoms with Crippen molar-refractivity contribution in [3.05, 3.63) is 65.7 Å². The normalized spacial score (nSPS) is 12.3. The molecule has 2 N–H and O–H groups in total. The molecule has 0 saturated heterocycles. The number of anilines is 1. The Morgan fingerprint density at radius 1 is 1.12 bits per heavy atom. The number of halogens is 1. The fourth-order valence-electron chi connectivity index (χ4n) is 2.69. The predicted molar refractivity (Wildman–Crippen MR) is 93.4 cm³/mol. The van der Waals surface area contributed by atoms with Gasteiger partial charge in [0, 0.05) is 24.5 Å². The molecule has 1 heterocycles. The molecule has 0 aliphatic heterocycles. The van der Waals surface area contributed by atoms with Crippen molar-refractivity contribution >= 4 is 16.7 Å². The van der Waals surface area contributed by atoms with Gasteiger partial charge in [0.2, 0.25) is 0 Å². The lowest BCUT2D eigenvalue weighted by Gasteiger charge is -2.16. The molecule has 24 heavy (non-hydrogen) atoms. The summed E-state index contributed by atoms with van der Waals surface area (Å²) in [6.45, 7) is 2.67. The highest BCUT2D eigenvalue weighted by molar-refractivity contribution is 5.89. The molecule has 1 aromatic heterocycles. The summed E-state index contributed by atoms with van der Waals surface area (Å²) in [5.74, 6) is 0.268. The molecule has 0 fully saturated rings. The lowest BCUT2D eigenvalue weighted by atomic mass is 9.99. The Labute approximate surface area is 140 Å². The number of aliphatic hydroxyl groups is 1. The van der Waals surface area contributed by atoms with Gasteiger partial charge in [-0.25, -0.2) is 14.4 Å².